The summed E-state index contributed by atoms with van der Waals surface area (Å²) < 4.78 is 0. The molecule has 4 radical (unpaired) electrons. The van der Waals surface area contributed by atoms with Gasteiger partial charge >= 0.3 is 0 Å². The van der Waals surface area contributed by atoms with Crippen LogP contribution >= 0.6 is 0 Å². The van der Waals surface area contributed by atoms with Gasteiger partial charge in [-0.15, -0.1) is 0 Å². The predicted octanol–water partition coefficient (Wildman–Crippen LogP) is 1.62. The number of nitro groups is 1. The molecule has 2 N–H and O–H groups in total. The minimum atomic E-state index is -1.43. The van der Waals surface area contributed by atoms with Crippen LogP contribution in [-0.2, 0) is 5.21 Å². The molecule has 0 spiro atoms. The Morgan fingerprint density at radius 2 is 2.04 bits per heavy atom. The molecule has 3 aromatic rings. The lowest BCUT2D eigenvalue weighted by atomic mass is 9.50. The van der Waals surface area contributed by atoms with E-state index in [9.17, 15) is 15.2 Å². The van der Waals surface area contributed by atoms with Gasteiger partial charge in [0.05, 0.1) is 26.8 Å². The molecule has 7 nitrogen and oxygen atoms in total. The van der Waals surface area contributed by atoms with Crippen LogP contribution in [-0.4, -0.2) is 40.9 Å². The number of nitrogens with one attached hydrogen (secondary N) is 1. The Labute approximate surface area is 139 Å². The number of aromatic amines is 1. The third-order valence-electron chi connectivity index (χ3n) is 3.60. The lowest BCUT2D eigenvalue weighted by Crippen LogP contribution is -2.29. The molecule has 0 bridgehead atoms. The summed E-state index contributed by atoms with van der Waals surface area (Å²) in [7, 11) is 12.3. The average Bonchev–Trinajstić information content (AvgIpc) is 3.10. The number of H-pyrrole nitrogens is 1. The number of nitro benzene ring substituents is 1. The van der Waals surface area contributed by atoms with Crippen LogP contribution in [0, 0.1) is 10.1 Å². The van der Waals surface area contributed by atoms with E-state index < -0.39 is 10.1 Å². The highest BCUT2D eigenvalue weighted by molar-refractivity contribution is 6.42. The van der Waals surface area contributed by atoms with Gasteiger partial charge in [0.25, 0.3) is 5.69 Å². The van der Waals surface area contributed by atoms with Gasteiger partial charge in [-0.2, -0.15) is 5.10 Å². The van der Waals surface area contributed by atoms with Gasteiger partial charge in [-0.1, -0.05) is 12.1 Å². The molecule has 0 unspecified atom stereocenters. The fraction of sp³-hybridized carbons (Fsp3) is 0.0667. The van der Waals surface area contributed by atoms with Crippen molar-refractivity contribution in [1.29, 1.82) is 0 Å². The van der Waals surface area contributed by atoms with Crippen molar-refractivity contribution in [3.05, 3.63) is 70.2 Å². The summed E-state index contributed by atoms with van der Waals surface area (Å²) >= 11 is 0. The first-order valence-corrected chi connectivity index (χ1v) is 6.92. The monoisotopic (exact) mass is 316 g/mol. The number of benzene rings is 1. The van der Waals surface area contributed by atoms with Crippen LogP contribution in [0.5, 0.6) is 5.75 Å². The number of pyridine rings is 1. The molecule has 2 heterocycles. The number of non-ortho nitro benzene ring substituents is 1. The van der Waals surface area contributed by atoms with Gasteiger partial charge in [-0.05, 0) is 22.9 Å². The van der Waals surface area contributed by atoms with E-state index in [1.807, 2.05) is 0 Å². The third kappa shape index (κ3) is 2.76. The maximum Gasteiger partial charge on any atom is 0.270 e. The molecule has 0 aliphatic carbocycles. The number of aromatic nitrogens is 3. The summed E-state index contributed by atoms with van der Waals surface area (Å²) in [6.45, 7) is 0. The predicted molar refractivity (Wildman–Crippen MR) is 88.9 cm³/mol. The SMILES string of the molecule is [B]C([B])(c1cn[nH]c1)c1ccc(O)c(-c2cccc([N+](=O)[O-])c2)n1. The van der Waals surface area contributed by atoms with E-state index in [-0.39, 0.29) is 22.8 Å². The van der Waals surface area contributed by atoms with Gasteiger partial charge in [0.1, 0.15) is 11.4 Å². The van der Waals surface area contributed by atoms with Gasteiger partial charge in [-0.25, -0.2) is 4.98 Å². The second-order valence-corrected chi connectivity index (χ2v) is 5.23. The number of aromatic hydroxyl groups is 1. The highest BCUT2D eigenvalue weighted by atomic mass is 16.6. The maximum absolute atomic E-state index is 10.9. The molecule has 0 fully saturated rings. The van der Waals surface area contributed by atoms with E-state index in [2.05, 4.69) is 15.2 Å². The molecular weight excluding hydrogens is 306 g/mol. The molecule has 0 aliphatic heterocycles. The summed E-state index contributed by atoms with van der Waals surface area (Å²) in [5.74, 6) is -0.137. The number of hydrogen-bond acceptors (Lipinski definition) is 5. The Morgan fingerprint density at radius 1 is 1.25 bits per heavy atom. The van der Waals surface area contributed by atoms with Gasteiger partial charge in [0.2, 0.25) is 0 Å². The van der Waals surface area contributed by atoms with Crippen molar-refractivity contribution in [2.75, 3.05) is 0 Å². The second kappa shape index (κ2) is 5.84. The van der Waals surface area contributed by atoms with Crippen molar-refractivity contribution in [3.63, 3.8) is 0 Å². The molecule has 0 amide bonds. The van der Waals surface area contributed by atoms with E-state index in [0.29, 0.717) is 11.1 Å². The summed E-state index contributed by atoms with van der Waals surface area (Å²) in [5.41, 5.74) is 1.21. The zero-order valence-electron chi connectivity index (χ0n) is 12.4. The normalized spacial score (nSPS) is 11.3. The van der Waals surface area contributed by atoms with E-state index in [0.717, 1.165) is 0 Å². The quantitative estimate of drug-likeness (QED) is 0.432. The van der Waals surface area contributed by atoms with Crippen molar-refractivity contribution in [3.8, 4) is 17.0 Å². The fourth-order valence-corrected chi connectivity index (χ4v) is 2.29. The summed E-state index contributed by atoms with van der Waals surface area (Å²) in [6.07, 6.45) is 3.02. The number of hydrogen-bond donors (Lipinski definition) is 2. The first kappa shape index (κ1) is 15.8. The Hall–Kier alpha value is -3.09. The van der Waals surface area contributed by atoms with Crippen molar-refractivity contribution in [2.45, 2.75) is 5.21 Å². The molecular formula is C15H10B2N4O3. The Balaban J connectivity index is 2.10. The van der Waals surface area contributed by atoms with Gasteiger partial charge < -0.3 is 5.11 Å². The molecule has 2 aromatic heterocycles. The van der Waals surface area contributed by atoms with Crippen molar-refractivity contribution < 1.29 is 10.0 Å². The zero-order valence-corrected chi connectivity index (χ0v) is 12.4. The standard InChI is InChI=1S/C15H10B2N4O3/c16-15(17,10-7-18-19-8-10)13-5-4-12(22)14(20-13)9-2-1-3-11(6-9)21(23)24/h1-8,22H,(H,18,19). The first-order chi connectivity index (χ1) is 11.4. The van der Waals surface area contributed by atoms with E-state index >= 15 is 0 Å². The molecule has 24 heavy (non-hydrogen) atoms. The van der Waals surface area contributed by atoms with E-state index in [1.54, 1.807) is 12.3 Å². The first-order valence-electron chi connectivity index (χ1n) is 6.92. The lowest BCUT2D eigenvalue weighted by Gasteiger charge is -2.24. The topological polar surface area (TPSA) is 105 Å². The number of nitrogens with zero attached hydrogens (tertiary/aromatic N) is 3. The summed E-state index contributed by atoms with van der Waals surface area (Å²) in [4.78, 5) is 14.7. The van der Waals surface area contributed by atoms with Crippen LogP contribution in [0.25, 0.3) is 11.3 Å². The van der Waals surface area contributed by atoms with Crippen LogP contribution in [0.2, 0.25) is 0 Å². The molecule has 0 saturated carbocycles. The van der Waals surface area contributed by atoms with Crippen molar-refractivity contribution >= 4 is 21.4 Å². The molecule has 1 aromatic carbocycles. The average molecular weight is 316 g/mol. The smallest absolute Gasteiger partial charge is 0.270 e. The third-order valence-corrected chi connectivity index (χ3v) is 3.60. The van der Waals surface area contributed by atoms with Gasteiger partial charge in [0.15, 0.2) is 0 Å². The van der Waals surface area contributed by atoms with Crippen molar-refractivity contribution in [1.82, 2.24) is 15.2 Å². The minimum absolute atomic E-state index is 0.110. The molecule has 3 rings (SSSR count). The van der Waals surface area contributed by atoms with Gasteiger partial charge in [0, 0.05) is 29.6 Å². The molecule has 0 saturated heterocycles. The molecule has 114 valence electrons. The van der Waals surface area contributed by atoms with E-state index in [1.165, 1.54) is 36.5 Å². The highest BCUT2D eigenvalue weighted by Crippen LogP contribution is 2.32. The highest BCUT2D eigenvalue weighted by Gasteiger charge is 2.26. The van der Waals surface area contributed by atoms with Crippen LogP contribution in [0.15, 0.2) is 48.8 Å². The van der Waals surface area contributed by atoms with E-state index in [4.69, 9.17) is 15.7 Å². The fourth-order valence-electron chi connectivity index (χ4n) is 2.29. The molecule has 0 atom stereocenters. The molecule has 9 heteroatoms. The van der Waals surface area contributed by atoms with Gasteiger partial charge in [-0.3, -0.25) is 15.2 Å². The largest absolute Gasteiger partial charge is 0.506 e. The molecule has 0 aliphatic rings. The minimum Gasteiger partial charge on any atom is -0.506 e. The second-order valence-electron chi connectivity index (χ2n) is 5.23. The van der Waals surface area contributed by atoms with Crippen LogP contribution in [0.4, 0.5) is 5.69 Å². The Morgan fingerprint density at radius 3 is 2.71 bits per heavy atom. The summed E-state index contributed by atoms with van der Waals surface area (Å²) in [6, 6.07) is 8.67. The zero-order chi connectivity index (χ0) is 17.3. The maximum atomic E-state index is 10.9. The van der Waals surface area contributed by atoms with Crippen LogP contribution in [0.1, 0.15) is 11.3 Å². The summed E-state index contributed by atoms with van der Waals surface area (Å²) in [5, 5.41) is 26.0. The van der Waals surface area contributed by atoms with Crippen LogP contribution in [0.3, 0.4) is 0 Å². The number of rotatable bonds is 4. The Bertz CT molecular complexity index is 897. The van der Waals surface area contributed by atoms with Crippen LogP contribution < -0.4 is 0 Å². The lowest BCUT2D eigenvalue weighted by molar-refractivity contribution is -0.384. The Kier molecular flexibility index (Phi) is 3.84. The van der Waals surface area contributed by atoms with Crippen molar-refractivity contribution in [2.24, 2.45) is 0 Å².